The topological polar surface area (TPSA) is 17.1 Å². The minimum atomic E-state index is 0.363. The van der Waals surface area contributed by atoms with Crippen molar-refractivity contribution >= 4 is 5.78 Å². The molecule has 0 aliphatic heterocycles. The number of hydrogen-bond donors (Lipinski definition) is 0. The Morgan fingerprint density at radius 1 is 0.667 bits per heavy atom. The second kappa shape index (κ2) is 16.9. The molecule has 0 rings (SSSR count). The molecule has 0 aromatic rings. The molecule has 0 atom stereocenters. The summed E-state index contributed by atoms with van der Waals surface area (Å²) in [5.41, 5.74) is 0. The highest BCUT2D eigenvalue weighted by molar-refractivity contribution is 5.78. The molecule has 0 saturated heterocycles. The van der Waals surface area contributed by atoms with E-state index in [1.165, 1.54) is 25.7 Å². The van der Waals surface area contributed by atoms with Crippen LogP contribution in [0.5, 0.6) is 0 Å². The van der Waals surface area contributed by atoms with Crippen LogP contribution in [-0.2, 0) is 4.79 Å². The predicted molar refractivity (Wildman–Crippen MR) is 94.6 cm³/mol. The number of ketones is 1. The molecule has 0 N–H and O–H groups in total. The number of carbonyl (C=O) groups is 1. The second-order valence-electron chi connectivity index (χ2n) is 5.50. The molecule has 0 aromatic carbocycles. The lowest BCUT2D eigenvalue weighted by molar-refractivity contribution is -0.118. The maximum atomic E-state index is 11.1. The van der Waals surface area contributed by atoms with Gasteiger partial charge in [0.2, 0.25) is 0 Å². The van der Waals surface area contributed by atoms with Gasteiger partial charge in [-0.05, 0) is 44.9 Å². The molecule has 0 radical (unpaired) electrons. The van der Waals surface area contributed by atoms with Gasteiger partial charge in [-0.25, -0.2) is 0 Å². The molecule has 0 saturated carbocycles. The minimum Gasteiger partial charge on any atom is -0.300 e. The Kier molecular flexibility index (Phi) is 16.0. The lowest BCUT2D eigenvalue weighted by Crippen LogP contribution is -1.92. The van der Waals surface area contributed by atoms with Crippen LogP contribution in [0.4, 0.5) is 0 Å². The van der Waals surface area contributed by atoms with E-state index in [1.807, 2.05) is 6.92 Å². The van der Waals surface area contributed by atoms with Crippen LogP contribution >= 0.6 is 0 Å². The van der Waals surface area contributed by atoms with Crippen molar-refractivity contribution < 1.29 is 4.79 Å². The summed E-state index contributed by atoms with van der Waals surface area (Å²) in [6.07, 6.45) is 25.5. The minimum absolute atomic E-state index is 0.363. The van der Waals surface area contributed by atoms with Crippen LogP contribution in [0.2, 0.25) is 0 Å². The monoisotopic (exact) mass is 290 g/mol. The number of hydrogen-bond acceptors (Lipinski definition) is 1. The third kappa shape index (κ3) is 16.8. The van der Waals surface area contributed by atoms with Crippen molar-refractivity contribution in [2.75, 3.05) is 0 Å². The molecule has 0 heterocycles. The van der Waals surface area contributed by atoms with Gasteiger partial charge in [0.15, 0.2) is 0 Å². The molecule has 0 unspecified atom stereocenters. The molecular formula is C20H34O. The second-order valence-corrected chi connectivity index (χ2v) is 5.50. The normalized spacial score (nSPS) is 12.1. The smallest absolute Gasteiger partial charge is 0.132 e. The van der Waals surface area contributed by atoms with Crippen LogP contribution in [0.1, 0.15) is 84.5 Å². The Morgan fingerprint density at radius 3 is 1.62 bits per heavy atom. The van der Waals surface area contributed by atoms with Gasteiger partial charge in [-0.15, -0.1) is 0 Å². The van der Waals surface area contributed by atoms with Crippen molar-refractivity contribution in [3.8, 4) is 0 Å². The fourth-order valence-electron chi connectivity index (χ4n) is 2.03. The van der Waals surface area contributed by atoms with E-state index in [9.17, 15) is 4.79 Å². The summed E-state index contributed by atoms with van der Waals surface area (Å²) < 4.78 is 0. The van der Waals surface area contributed by atoms with Gasteiger partial charge in [-0.2, -0.15) is 0 Å². The summed E-state index contributed by atoms with van der Waals surface area (Å²) in [5.74, 6) is 0.363. The first-order valence-electron chi connectivity index (χ1n) is 8.77. The van der Waals surface area contributed by atoms with Crippen LogP contribution in [0.15, 0.2) is 36.5 Å². The number of rotatable bonds is 14. The average molecular weight is 290 g/mol. The van der Waals surface area contributed by atoms with Gasteiger partial charge in [-0.1, -0.05) is 63.1 Å². The molecule has 0 bridgehead atoms. The average Bonchev–Trinajstić information content (AvgIpc) is 2.50. The van der Waals surface area contributed by atoms with Crippen molar-refractivity contribution in [2.24, 2.45) is 0 Å². The zero-order valence-corrected chi connectivity index (χ0v) is 14.2. The summed E-state index contributed by atoms with van der Waals surface area (Å²) in [4.78, 5) is 11.1. The SMILES string of the molecule is CCCCC/C=C/CC/C=C/CC/C=C/CCC(=O)CC. The van der Waals surface area contributed by atoms with Crippen LogP contribution in [0, 0.1) is 0 Å². The Bertz CT molecular complexity index is 310. The lowest BCUT2D eigenvalue weighted by atomic mass is 10.1. The molecule has 0 spiro atoms. The van der Waals surface area contributed by atoms with Crippen LogP contribution in [-0.4, -0.2) is 5.78 Å². The highest BCUT2D eigenvalue weighted by Crippen LogP contribution is 2.03. The first-order valence-corrected chi connectivity index (χ1v) is 8.77. The summed E-state index contributed by atoms with van der Waals surface area (Å²) >= 11 is 0. The van der Waals surface area contributed by atoms with Gasteiger partial charge in [0.05, 0.1) is 0 Å². The van der Waals surface area contributed by atoms with E-state index in [-0.39, 0.29) is 0 Å². The summed E-state index contributed by atoms with van der Waals surface area (Å²) in [7, 11) is 0. The van der Waals surface area contributed by atoms with E-state index in [4.69, 9.17) is 0 Å². The number of allylic oxidation sites excluding steroid dienone is 6. The first-order chi connectivity index (χ1) is 10.3. The first kappa shape index (κ1) is 19.9. The number of carbonyl (C=O) groups excluding carboxylic acids is 1. The molecule has 21 heavy (non-hydrogen) atoms. The Morgan fingerprint density at radius 2 is 1.14 bits per heavy atom. The Labute approximate surface area is 132 Å². The number of Topliss-reactive ketones (excluding diaryl/α,β-unsaturated/α-hetero) is 1. The van der Waals surface area contributed by atoms with Gasteiger partial charge >= 0.3 is 0 Å². The van der Waals surface area contributed by atoms with Crippen molar-refractivity contribution in [1.82, 2.24) is 0 Å². The summed E-state index contributed by atoms with van der Waals surface area (Å²) in [6, 6.07) is 0. The zero-order valence-electron chi connectivity index (χ0n) is 14.2. The molecule has 1 nitrogen and oxygen atoms in total. The zero-order chi connectivity index (χ0) is 15.6. The third-order valence-electron chi connectivity index (χ3n) is 3.46. The van der Waals surface area contributed by atoms with E-state index in [0.29, 0.717) is 18.6 Å². The molecule has 0 aliphatic rings. The molecular weight excluding hydrogens is 256 g/mol. The molecule has 0 fully saturated rings. The van der Waals surface area contributed by atoms with Gasteiger partial charge < -0.3 is 0 Å². The van der Waals surface area contributed by atoms with Crippen molar-refractivity contribution in [1.29, 1.82) is 0 Å². The van der Waals surface area contributed by atoms with Crippen LogP contribution in [0.25, 0.3) is 0 Å². The Hall–Kier alpha value is -1.11. The highest BCUT2D eigenvalue weighted by atomic mass is 16.1. The highest BCUT2D eigenvalue weighted by Gasteiger charge is 1.93. The summed E-state index contributed by atoms with van der Waals surface area (Å²) in [6.45, 7) is 4.17. The molecule has 120 valence electrons. The molecule has 0 aromatic heterocycles. The van der Waals surface area contributed by atoms with E-state index in [0.717, 1.165) is 32.1 Å². The van der Waals surface area contributed by atoms with Crippen molar-refractivity contribution in [2.45, 2.75) is 84.5 Å². The van der Waals surface area contributed by atoms with E-state index in [2.05, 4.69) is 43.4 Å². The number of unbranched alkanes of at least 4 members (excludes halogenated alkanes) is 5. The quantitative estimate of drug-likeness (QED) is 0.262. The standard InChI is InChI=1S/C20H34O/c1-3-5-6-7-8-9-10-11-12-13-14-15-16-17-18-19-20(21)4-2/h8-9,12-13,16-17H,3-7,10-11,14-15,18-19H2,1-2H3/b9-8+,13-12+,17-16+. The van der Waals surface area contributed by atoms with E-state index in [1.54, 1.807) is 0 Å². The van der Waals surface area contributed by atoms with Crippen LogP contribution in [0.3, 0.4) is 0 Å². The van der Waals surface area contributed by atoms with Gasteiger partial charge in [0.25, 0.3) is 0 Å². The Balaban J connectivity index is 3.32. The maximum Gasteiger partial charge on any atom is 0.132 e. The van der Waals surface area contributed by atoms with Crippen LogP contribution < -0.4 is 0 Å². The lowest BCUT2D eigenvalue weighted by Gasteiger charge is -1.92. The van der Waals surface area contributed by atoms with Gasteiger partial charge in [0, 0.05) is 12.8 Å². The van der Waals surface area contributed by atoms with Gasteiger partial charge in [-0.3, -0.25) is 4.79 Å². The van der Waals surface area contributed by atoms with Crippen molar-refractivity contribution in [3.63, 3.8) is 0 Å². The maximum absolute atomic E-state index is 11.1. The third-order valence-corrected chi connectivity index (χ3v) is 3.46. The van der Waals surface area contributed by atoms with E-state index >= 15 is 0 Å². The van der Waals surface area contributed by atoms with Crippen molar-refractivity contribution in [3.05, 3.63) is 36.5 Å². The molecule has 0 aliphatic carbocycles. The van der Waals surface area contributed by atoms with E-state index < -0.39 is 0 Å². The largest absolute Gasteiger partial charge is 0.300 e. The van der Waals surface area contributed by atoms with Gasteiger partial charge in [0.1, 0.15) is 5.78 Å². The predicted octanol–water partition coefficient (Wildman–Crippen LogP) is 6.56. The fraction of sp³-hybridized carbons (Fsp3) is 0.650. The molecule has 1 heteroatoms. The molecule has 0 amide bonds. The summed E-state index contributed by atoms with van der Waals surface area (Å²) in [5, 5.41) is 0. The fourth-order valence-corrected chi connectivity index (χ4v) is 2.03.